The van der Waals surface area contributed by atoms with Crippen molar-refractivity contribution in [1.82, 2.24) is 9.78 Å². The minimum Gasteiger partial charge on any atom is -0.326 e. The molecule has 0 saturated heterocycles. The Labute approximate surface area is 144 Å². The molecule has 0 aliphatic heterocycles. The number of non-ortho nitro benzene ring substituents is 1. The van der Waals surface area contributed by atoms with Crippen LogP contribution in [0.25, 0.3) is 5.69 Å². The Balaban J connectivity index is 1.57. The van der Waals surface area contributed by atoms with E-state index in [1.54, 1.807) is 16.9 Å². The lowest BCUT2D eigenvalue weighted by Gasteiger charge is -2.04. The summed E-state index contributed by atoms with van der Waals surface area (Å²) in [5, 5.41) is 17.7. The predicted octanol–water partition coefficient (Wildman–Crippen LogP) is 3.35. The second-order valence-electron chi connectivity index (χ2n) is 5.48. The summed E-state index contributed by atoms with van der Waals surface area (Å²) >= 11 is 0. The number of carbonyl (C=O) groups excluding carboxylic acids is 1. The second kappa shape index (κ2) is 7.39. The average molecular weight is 336 g/mol. The summed E-state index contributed by atoms with van der Waals surface area (Å²) in [6.45, 7) is 0. The average Bonchev–Trinajstić information content (AvgIpc) is 3.10. The van der Waals surface area contributed by atoms with Crippen molar-refractivity contribution in [2.45, 2.75) is 12.8 Å². The number of aromatic nitrogens is 2. The van der Waals surface area contributed by atoms with Crippen LogP contribution in [0.1, 0.15) is 12.0 Å². The molecule has 0 unspecified atom stereocenters. The number of nitro groups is 1. The number of nitro benzene ring substituents is 1. The van der Waals surface area contributed by atoms with Crippen molar-refractivity contribution in [2.24, 2.45) is 0 Å². The van der Waals surface area contributed by atoms with E-state index in [4.69, 9.17) is 0 Å². The van der Waals surface area contributed by atoms with Crippen LogP contribution >= 0.6 is 0 Å². The maximum absolute atomic E-state index is 12.0. The molecule has 1 amide bonds. The number of rotatable bonds is 6. The van der Waals surface area contributed by atoms with Crippen LogP contribution in [0.3, 0.4) is 0 Å². The van der Waals surface area contributed by atoms with E-state index in [0.29, 0.717) is 12.1 Å². The maximum atomic E-state index is 12.0. The standard InChI is InChI=1S/C18H16N4O3/c23-18(20-15-5-4-8-17(11-15)22(24)25)10-9-14-12-19-21(13-14)16-6-2-1-3-7-16/h1-8,11-13H,9-10H2,(H,20,23). The summed E-state index contributed by atoms with van der Waals surface area (Å²) < 4.78 is 1.76. The van der Waals surface area contributed by atoms with Gasteiger partial charge < -0.3 is 5.32 Å². The molecule has 0 aliphatic carbocycles. The van der Waals surface area contributed by atoms with E-state index in [-0.39, 0.29) is 18.0 Å². The first-order chi connectivity index (χ1) is 12.1. The molecule has 7 nitrogen and oxygen atoms in total. The number of amides is 1. The second-order valence-corrected chi connectivity index (χ2v) is 5.48. The molecule has 0 bridgehead atoms. The van der Waals surface area contributed by atoms with Crippen molar-refractivity contribution in [3.63, 3.8) is 0 Å². The molecule has 126 valence electrons. The highest BCUT2D eigenvalue weighted by Crippen LogP contribution is 2.17. The van der Waals surface area contributed by atoms with Crippen molar-refractivity contribution < 1.29 is 9.72 Å². The van der Waals surface area contributed by atoms with E-state index in [0.717, 1.165) is 11.3 Å². The van der Waals surface area contributed by atoms with Gasteiger partial charge in [0.05, 0.1) is 16.8 Å². The molecule has 25 heavy (non-hydrogen) atoms. The highest BCUT2D eigenvalue weighted by atomic mass is 16.6. The summed E-state index contributed by atoms with van der Waals surface area (Å²) in [5.74, 6) is -0.201. The molecule has 0 spiro atoms. The van der Waals surface area contributed by atoms with Crippen LogP contribution in [0, 0.1) is 10.1 Å². The summed E-state index contributed by atoms with van der Waals surface area (Å²) in [6.07, 6.45) is 4.42. The first kappa shape index (κ1) is 16.4. The van der Waals surface area contributed by atoms with Gasteiger partial charge in [-0.15, -0.1) is 0 Å². The van der Waals surface area contributed by atoms with Crippen LogP contribution in [0.15, 0.2) is 67.0 Å². The smallest absolute Gasteiger partial charge is 0.271 e. The zero-order chi connectivity index (χ0) is 17.6. The highest BCUT2D eigenvalue weighted by molar-refractivity contribution is 5.91. The highest BCUT2D eigenvalue weighted by Gasteiger charge is 2.09. The van der Waals surface area contributed by atoms with Gasteiger partial charge in [0, 0.05) is 30.4 Å². The Hall–Kier alpha value is -3.48. The monoisotopic (exact) mass is 336 g/mol. The van der Waals surface area contributed by atoms with E-state index in [2.05, 4.69) is 10.4 Å². The van der Waals surface area contributed by atoms with Crippen LogP contribution in [0.5, 0.6) is 0 Å². The molecule has 0 radical (unpaired) electrons. The van der Waals surface area contributed by atoms with Gasteiger partial charge in [0.2, 0.25) is 5.91 Å². The number of hydrogen-bond acceptors (Lipinski definition) is 4. The number of carbonyl (C=O) groups is 1. The van der Waals surface area contributed by atoms with Gasteiger partial charge in [-0.3, -0.25) is 14.9 Å². The van der Waals surface area contributed by atoms with Crippen molar-refractivity contribution in [1.29, 1.82) is 0 Å². The molecular formula is C18H16N4O3. The third-order valence-corrected chi connectivity index (χ3v) is 3.64. The topological polar surface area (TPSA) is 90.1 Å². The van der Waals surface area contributed by atoms with Gasteiger partial charge >= 0.3 is 0 Å². The Bertz CT molecular complexity index is 890. The molecule has 3 aromatic rings. The third-order valence-electron chi connectivity index (χ3n) is 3.64. The lowest BCUT2D eigenvalue weighted by Crippen LogP contribution is -2.12. The molecule has 3 rings (SSSR count). The molecule has 0 fully saturated rings. The molecule has 1 aromatic heterocycles. The van der Waals surface area contributed by atoms with Gasteiger partial charge in [0.25, 0.3) is 5.69 Å². The third kappa shape index (κ3) is 4.29. The van der Waals surface area contributed by atoms with Gasteiger partial charge in [-0.05, 0) is 30.2 Å². The van der Waals surface area contributed by atoms with Crippen LogP contribution in [0.2, 0.25) is 0 Å². The fraction of sp³-hybridized carbons (Fsp3) is 0.111. The molecule has 1 heterocycles. The van der Waals surface area contributed by atoms with Crippen molar-refractivity contribution in [2.75, 3.05) is 5.32 Å². The quantitative estimate of drug-likeness (QED) is 0.552. The van der Waals surface area contributed by atoms with Gasteiger partial charge in [0.1, 0.15) is 0 Å². The summed E-state index contributed by atoms with van der Waals surface area (Å²) in [5.41, 5.74) is 2.26. The Kier molecular flexibility index (Phi) is 4.84. The molecule has 2 aromatic carbocycles. The minimum absolute atomic E-state index is 0.0538. The first-order valence-electron chi connectivity index (χ1n) is 7.75. The van der Waals surface area contributed by atoms with E-state index in [9.17, 15) is 14.9 Å². The SMILES string of the molecule is O=C(CCc1cnn(-c2ccccc2)c1)Nc1cccc([N+](=O)[O-])c1. The summed E-state index contributed by atoms with van der Waals surface area (Å²) in [6, 6.07) is 15.6. The lowest BCUT2D eigenvalue weighted by molar-refractivity contribution is -0.384. The van der Waals surface area contributed by atoms with Gasteiger partial charge in [-0.25, -0.2) is 4.68 Å². The van der Waals surface area contributed by atoms with Crippen LogP contribution < -0.4 is 5.32 Å². The number of benzene rings is 2. The number of nitrogens with one attached hydrogen (secondary N) is 1. The van der Waals surface area contributed by atoms with E-state index in [1.807, 2.05) is 36.5 Å². The first-order valence-corrected chi connectivity index (χ1v) is 7.75. The molecule has 0 atom stereocenters. The predicted molar refractivity (Wildman–Crippen MR) is 93.6 cm³/mol. The molecule has 0 aliphatic rings. The molecule has 7 heteroatoms. The zero-order valence-electron chi connectivity index (χ0n) is 13.3. The fourth-order valence-corrected chi connectivity index (χ4v) is 2.39. The van der Waals surface area contributed by atoms with Crippen molar-refractivity contribution >= 4 is 17.3 Å². The van der Waals surface area contributed by atoms with Gasteiger partial charge in [0.15, 0.2) is 0 Å². The maximum Gasteiger partial charge on any atom is 0.271 e. The van der Waals surface area contributed by atoms with E-state index in [1.165, 1.54) is 18.2 Å². The van der Waals surface area contributed by atoms with Crippen LogP contribution in [0.4, 0.5) is 11.4 Å². The molecule has 1 N–H and O–H groups in total. The fourth-order valence-electron chi connectivity index (χ4n) is 2.39. The van der Waals surface area contributed by atoms with Crippen molar-refractivity contribution in [3.05, 3.63) is 82.7 Å². The van der Waals surface area contributed by atoms with E-state index < -0.39 is 4.92 Å². The largest absolute Gasteiger partial charge is 0.326 e. The van der Waals surface area contributed by atoms with Gasteiger partial charge in [-0.2, -0.15) is 5.10 Å². The summed E-state index contributed by atoms with van der Waals surface area (Å²) in [7, 11) is 0. The van der Waals surface area contributed by atoms with Gasteiger partial charge in [-0.1, -0.05) is 24.3 Å². The lowest BCUT2D eigenvalue weighted by atomic mass is 10.2. The number of nitrogens with zero attached hydrogens (tertiary/aromatic N) is 3. The van der Waals surface area contributed by atoms with Crippen molar-refractivity contribution in [3.8, 4) is 5.69 Å². The Morgan fingerprint density at radius 3 is 2.72 bits per heavy atom. The Morgan fingerprint density at radius 1 is 1.16 bits per heavy atom. The number of para-hydroxylation sites is 1. The van der Waals surface area contributed by atoms with Crippen LogP contribution in [-0.4, -0.2) is 20.6 Å². The number of hydrogen-bond donors (Lipinski definition) is 1. The number of aryl methyl sites for hydroxylation is 1. The summed E-state index contributed by atoms with van der Waals surface area (Å²) in [4.78, 5) is 22.3. The number of anilines is 1. The van der Waals surface area contributed by atoms with Crippen LogP contribution in [-0.2, 0) is 11.2 Å². The van der Waals surface area contributed by atoms with E-state index >= 15 is 0 Å². The molecular weight excluding hydrogens is 320 g/mol. The normalized spacial score (nSPS) is 10.4. The minimum atomic E-state index is -0.492. The zero-order valence-corrected chi connectivity index (χ0v) is 13.3. The molecule has 0 saturated carbocycles. The Morgan fingerprint density at radius 2 is 1.96 bits per heavy atom.